The second kappa shape index (κ2) is 8.49. The van der Waals surface area contributed by atoms with Gasteiger partial charge in [-0.2, -0.15) is 0 Å². The highest BCUT2D eigenvalue weighted by atomic mass is 16.5. The zero-order valence-electron chi connectivity index (χ0n) is 19.2. The van der Waals surface area contributed by atoms with Gasteiger partial charge in [0.15, 0.2) is 18.1 Å². The highest BCUT2D eigenvalue weighted by Gasteiger charge is 2.34. The van der Waals surface area contributed by atoms with Gasteiger partial charge in [0, 0.05) is 22.3 Å². The molecule has 2 heterocycles. The molecular formula is C28H20N2O6. The highest BCUT2D eigenvalue weighted by molar-refractivity contribution is 6.12. The van der Waals surface area contributed by atoms with E-state index in [9.17, 15) is 9.59 Å². The van der Waals surface area contributed by atoms with E-state index in [-0.39, 0.29) is 18.3 Å². The highest BCUT2D eigenvalue weighted by Crippen LogP contribution is 2.48. The van der Waals surface area contributed by atoms with Crippen molar-refractivity contribution >= 4 is 44.8 Å². The van der Waals surface area contributed by atoms with Gasteiger partial charge in [-0.1, -0.05) is 42.5 Å². The molecule has 1 aliphatic rings. The number of carboxylic acids is 1. The molecule has 0 bridgehead atoms. The summed E-state index contributed by atoms with van der Waals surface area (Å²) >= 11 is 0. The molecule has 1 aliphatic heterocycles. The number of aromatic nitrogens is 2. The second-order valence-corrected chi connectivity index (χ2v) is 8.52. The third kappa shape index (κ3) is 3.54. The molecule has 36 heavy (non-hydrogen) atoms. The molecular weight excluding hydrogens is 460 g/mol. The lowest BCUT2D eigenvalue weighted by atomic mass is 9.83. The fourth-order valence-corrected chi connectivity index (χ4v) is 4.82. The molecule has 6 rings (SSSR count). The Labute approximate surface area is 205 Å². The van der Waals surface area contributed by atoms with E-state index in [4.69, 9.17) is 29.3 Å². The van der Waals surface area contributed by atoms with E-state index < -0.39 is 12.6 Å². The van der Waals surface area contributed by atoms with Crippen molar-refractivity contribution in [1.82, 2.24) is 9.97 Å². The number of aliphatic carboxylic acids is 1. The molecule has 1 atom stereocenters. The normalized spacial score (nSPS) is 15.0. The van der Waals surface area contributed by atoms with Crippen LogP contribution in [0, 0.1) is 0 Å². The minimum absolute atomic E-state index is 0.105. The number of para-hydroxylation sites is 2. The summed E-state index contributed by atoms with van der Waals surface area (Å²) in [5, 5.41) is 10.6. The Hall–Kier alpha value is -4.72. The fraction of sp³-hybridized carbons (Fsp3) is 0.143. The molecule has 0 unspecified atom stereocenters. The number of benzene rings is 4. The van der Waals surface area contributed by atoms with Gasteiger partial charge in [-0.05, 0) is 29.8 Å². The van der Waals surface area contributed by atoms with E-state index >= 15 is 0 Å². The Morgan fingerprint density at radius 3 is 2.39 bits per heavy atom. The molecule has 178 valence electrons. The van der Waals surface area contributed by atoms with Crippen molar-refractivity contribution in [2.75, 3.05) is 13.7 Å². The first kappa shape index (κ1) is 21.8. The Morgan fingerprint density at radius 2 is 1.67 bits per heavy atom. The van der Waals surface area contributed by atoms with Crippen LogP contribution < -0.4 is 14.2 Å². The molecule has 0 fully saturated rings. The van der Waals surface area contributed by atoms with Crippen LogP contribution in [0.1, 0.15) is 23.5 Å². The molecule has 0 aliphatic carbocycles. The van der Waals surface area contributed by atoms with Crippen molar-refractivity contribution < 1.29 is 28.9 Å². The maximum atomic E-state index is 12.8. The van der Waals surface area contributed by atoms with Gasteiger partial charge in [0.2, 0.25) is 0 Å². The van der Waals surface area contributed by atoms with Crippen molar-refractivity contribution in [3.05, 3.63) is 77.9 Å². The number of carboxylic acid groups (broad SMARTS) is 1. The smallest absolute Gasteiger partial charge is 0.341 e. The van der Waals surface area contributed by atoms with Crippen molar-refractivity contribution in [2.45, 2.75) is 12.3 Å². The Balaban J connectivity index is 1.62. The zero-order chi connectivity index (χ0) is 24.8. The van der Waals surface area contributed by atoms with Crippen LogP contribution in [0.2, 0.25) is 0 Å². The molecule has 8 nitrogen and oxygen atoms in total. The van der Waals surface area contributed by atoms with E-state index in [0.29, 0.717) is 22.8 Å². The topological polar surface area (TPSA) is 108 Å². The lowest BCUT2D eigenvalue weighted by Crippen LogP contribution is -2.22. The van der Waals surface area contributed by atoms with Crippen LogP contribution in [0.3, 0.4) is 0 Å². The van der Waals surface area contributed by atoms with Gasteiger partial charge in [0.05, 0.1) is 35.6 Å². The summed E-state index contributed by atoms with van der Waals surface area (Å²) in [6, 6.07) is 20.6. The van der Waals surface area contributed by atoms with Gasteiger partial charge in [-0.3, -0.25) is 4.79 Å². The first-order valence-electron chi connectivity index (χ1n) is 11.4. The number of fused-ring (bicyclic) bond motifs is 7. The molecule has 0 saturated carbocycles. The molecule has 4 aromatic carbocycles. The average molecular weight is 480 g/mol. The Kier molecular flexibility index (Phi) is 5.14. The Bertz CT molecular complexity index is 1700. The van der Waals surface area contributed by atoms with Crippen molar-refractivity contribution in [1.29, 1.82) is 0 Å². The molecule has 0 spiro atoms. The summed E-state index contributed by atoms with van der Waals surface area (Å²) in [7, 11) is 1.48. The average Bonchev–Trinajstić information content (AvgIpc) is 2.90. The number of rotatable bonds is 5. The summed E-state index contributed by atoms with van der Waals surface area (Å²) in [4.78, 5) is 33.7. The molecule has 1 aromatic heterocycles. The van der Waals surface area contributed by atoms with Gasteiger partial charge in [-0.25, -0.2) is 14.8 Å². The second-order valence-electron chi connectivity index (χ2n) is 8.52. The number of hydrogen-bond donors (Lipinski definition) is 1. The largest absolute Gasteiger partial charge is 0.493 e. The van der Waals surface area contributed by atoms with Crippen LogP contribution in [0.4, 0.5) is 0 Å². The van der Waals surface area contributed by atoms with E-state index in [1.54, 1.807) is 12.1 Å². The maximum absolute atomic E-state index is 12.8. The molecule has 8 heteroatoms. The maximum Gasteiger partial charge on any atom is 0.341 e. The van der Waals surface area contributed by atoms with E-state index in [1.165, 1.54) is 7.11 Å². The third-order valence-electron chi connectivity index (χ3n) is 6.37. The third-order valence-corrected chi connectivity index (χ3v) is 6.37. The van der Waals surface area contributed by atoms with Crippen LogP contribution in [-0.4, -0.2) is 40.7 Å². The molecule has 1 N–H and O–H groups in total. The predicted molar refractivity (Wildman–Crippen MR) is 133 cm³/mol. The van der Waals surface area contributed by atoms with E-state index in [1.807, 2.05) is 54.6 Å². The number of ether oxygens (including phenoxy) is 3. The van der Waals surface area contributed by atoms with Crippen molar-refractivity contribution in [3.63, 3.8) is 0 Å². The van der Waals surface area contributed by atoms with E-state index in [0.717, 1.165) is 38.4 Å². The van der Waals surface area contributed by atoms with Crippen molar-refractivity contribution in [2.24, 2.45) is 0 Å². The SMILES string of the molecule is COc1cc([C@@H]2CC(=O)Oc3c2c2nc4ccccc4nc2c2ccccc32)ccc1OCC(=O)O. The van der Waals surface area contributed by atoms with Crippen LogP contribution >= 0.6 is 0 Å². The van der Waals surface area contributed by atoms with Gasteiger partial charge >= 0.3 is 11.9 Å². The quantitative estimate of drug-likeness (QED) is 0.165. The summed E-state index contributed by atoms with van der Waals surface area (Å²) < 4.78 is 16.7. The lowest BCUT2D eigenvalue weighted by Gasteiger charge is -2.28. The summed E-state index contributed by atoms with van der Waals surface area (Å²) in [5.74, 6) is -0.669. The van der Waals surface area contributed by atoms with Crippen LogP contribution in [0.25, 0.3) is 32.8 Å². The first-order chi connectivity index (χ1) is 17.5. The van der Waals surface area contributed by atoms with Crippen LogP contribution in [0.5, 0.6) is 17.2 Å². The number of carbonyl (C=O) groups is 2. The first-order valence-corrected chi connectivity index (χ1v) is 11.4. The van der Waals surface area contributed by atoms with Gasteiger partial charge < -0.3 is 19.3 Å². The van der Waals surface area contributed by atoms with Gasteiger partial charge in [0.1, 0.15) is 5.75 Å². The fourth-order valence-electron chi connectivity index (χ4n) is 4.82. The summed E-state index contributed by atoms with van der Waals surface area (Å²) in [6.07, 6.45) is 0.105. The summed E-state index contributed by atoms with van der Waals surface area (Å²) in [6.45, 7) is -0.492. The molecule has 0 radical (unpaired) electrons. The number of methoxy groups -OCH3 is 1. The zero-order valence-corrected chi connectivity index (χ0v) is 19.2. The molecule has 0 saturated heterocycles. The predicted octanol–water partition coefficient (Wildman–Crippen LogP) is 4.85. The number of esters is 1. The lowest BCUT2D eigenvalue weighted by molar-refractivity contribution is -0.139. The van der Waals surface area contributed by atoms with Gasteiger partial charge in [0.25, 0.3) is 0 Å². The minimum Gasteiger partial charge on any atom is -0.493 e. The summed E-state index contributed by atoms with van der Waals surface area (Å²) in [5.41, 5.74) is 4.50. The van der Waals surface area contributed by atoms with E-state index in [2.05, 4.69) is 0 Å². The van der Waals surface area contributed by atoms with Crippen LogP contribution in [0.15, 0.2) is 66.7 Å². The Morgan fingerprint density at radius 1 is 0.972 bits per heavy atom. The number of carbonyl (C=O) groups excluding carboxylic acids is 1. The molecule has 5 aromatic rings. The standard InChI is InChI=1S/C28H20N2O6/c1-34-22-12-15(10-11-21(22)35-14-23(31)32)18-13-24(33)36-28-17-7-3-2-6-16(17)26-27(25(18)28)30-20-9-5-4-8-19(20)29-26/h2-12,18H,13-14H2,1H3,(H,31,32)/t18-/m0/s1. The number of hydrogen-bond acceptors (Lipinski definition) is 7. The molecule has 0 amide bonds. The van der Waals surface area contributed by atoms with Gasteiger partial charge in [-0.15, -0.1) is 0 Å². The number of nitrogens with zero attached hydrogens (tertiary/aromatic N) is 2. The van der Waals surface area contributed by atoms with Crippen molar-refractivity contribution in [3.8, 4) is 17.2 Å². The monoisotopic (exact) mass is 480 g/mol. The minimum atomic E-state index is -1.09. The van der Waals surface area contributed by atoms with Crippen LogP contribution in [-0.2, 0) is 9.59 Å².